The van der Waals surface area contributed by atoms with Gasteiger partial charge in [0.05, 0.1) is 18.2 Å². The van der Waals surface area contributed by atoms with Crippen molar-refractivity contribution in [2.45, 2.75) is 0 Å². The fraction of sp³-hybridized carbons (Fsp3) is 0. The van der Waals surface area contributed by atoms with Gasteiger partial charge in [0, 0.05) is 24.3 Å². The van der Waals surface area contributed by atoms with Crippen LogP contribution < -0.4 is 9.13 Å². The number of nitrogens with zero attached hydrogens (tertiary/aromatic N) is 4. The Morgan fingerprint density at radius 2 is 1.57 bits per heavy atom. The summed E-state index contributed by atoms with van der Waals surface area (Å²) in [6.07, 6.45) is 7.78. The fourth-order valence-electron chi connectivity index (χ4n) is 2.96. The number of hydrogen-bond donors (Lipinski definition) is 0. The maximum atomic E-state index is 9.05. The van der Waals surface area contributed by atoms with Gasteiger partial charge in [-0.15, -0.1) is 11.6 Å². The van der Waals surface area contributed by atoms with E-state index in [1.807, 2.05) is 88.5 Å². The molecule has 28 heavy (non-hydrogen) atoms. The molecule has 0 aliphatic heterocycles. The van der Waals surface area contributed by atoms with Crippen molar-refractivity contribution in [1.29, 1.82) is 5.26 Å². The van der Waals surface area contributed by atoms with E-state index in [2.05, 4.69) is 17.0 Å². The van der Waals surface area contributed by atoms with Gasteiger partial charge in [0.25, 0.3) is 0 Å². The van der Waals surface area contributed by atoms with Crippen molar-refractivity contribution < 1.29 is 9.13 Å². The van der Waals surface area contributed by atoms with E-state index in [9.17, 15) is 0 Å². The lowest BCUT2D eigenvalue weighted by atomic mass is 10.1. The Hall–Kier alpha value is -4.28. The molecule has 0 fully saturated rings. The summed E-state index contributed by atoms with van der Waals surface area (Å²) in [5, 5.41) is 9.05. The second-order valence-electron chi connectivity index (χ2n) is 6.20. The van der Waals surface area contributed by atoms with Crippen molar-refractivity contribution in [3.63, 3.8) is 0 Å². The first-order valence-corrected chi connectivity index (χ1v) is 8.70. The lowest BCUT2D eigenvalue weighted by Gasteiger charge is -2.09. The SMILES string of the molecule is [C-]#[N+]c1cccc(-[n+]2ccc(-c3[c-]c[n+](-c4cccc(C#N)c4)cc3)cc2)c1. The van der Waals surface area contributed by atoms with Crippen LogP contribution in [0.25, 0.3) is 27.3 Å². The number of hydrogen-bond acceptors (Lipinski definition) is 1. The van der Waals surface area contributed by atoms with E-state index in [0.29, 0.717) is 11.3 Å². The molecule has 0 saturated heterocycles. The van der Waals surface area contributed by atoms with Crippen LogP contribution in [-0.2, 0) is 0 Å². The Balaban J connectivity index is 1.59. The molecule has 0 N–H and O–H groups in total. The number of benzene rings is 2. The second kappa shape index (κ2) is 7.53. The van der Waals surface area contributed by atoms with E-state index < -0.39 is 0 Å². The van der Waals surface area contributed by atoms with E-state index in [4.69, 9.17) is 11.8 Å². The molecule has 4 nitrogen and oxygen atoms in total. The first-order valence-electron chi connectivity index (χ1n) is 8.70. The third kappa shape index (κ3) is 3.49. The molecule has 2 heterocycles. The summed E-state index contributed by atoms with van der Waals surface area (Å²) in [5.41, 5.74) is 5.16. The topological polar surface area (TPSA) is 35.9 Å². The van der Waals surface area contributed by atoms with Crippen LogP contribution in [0.2, 0.25) is 0 Å². The maximum Gasteiger partial charge on any atom is 0.210 e. The van der Waals surface area contributed by atoms with Gasteiger partial charge in [-0.25, -0.2) is 4.85 Å². The van der Waals surface area contributed by atoms with E-state index in [-0.39, 0.29) is 0 Å². The lowest BCUT2D eigenvalue weighted by Crippen LogP contribution is -2.29. The molecule has 0 spiro atoms. The van der Waals surface area contributed by atoms with Crippen molar-refractivity contribution in [2.24, 2.45) is 0 Å². The normalized spacial score (nSPS) is 10.1. The molecular weight excluding hydrogens is 344 g/mol. The molecule has 0 radical (unpaired) electrons. The predicted octanol–water partition coefficient (Wildman–Crippen LogP) is 4.13. The number of pyridine rings is 2. The molecule has 4 aromatic rings. The van der Waals surface area contributed by atoms with Crippen molar-refractivity contribution in [3.05, 3.63) is 115 Å². The van der Waals surface area contributed by atoms with Crippen molar-refractivity contribution in [2.75, 3.05) is 0 Å². The van der Waals surface area contributed by atoms with Gasteiger partial charge in [-0.05, 0) is 18.2 Å². The Labute approximate surface area is 163 Å². The van der Waals surface area contributed by atoms with Crippen molar-refractivity contribution in [3.8, 4) is 28.6 Å². The molecule has 0 bridgehead atoms. The summed E-state index contributed by atoms with van der Waals surface area (Å²) in [4.78, 5) is 3.48. The second-order valence-corrected chi connectivity index (χ2v) is 6.20. The fourth-order valence-corrected chi connectivity index (χ4v) is 2.96. The monoisotopic (exact) mass is 359 g/mol. The molecule has 0 amide bonds. The van der Waals surface area contributed by atoms with Crippen molar-refractivity contribution >= 4 is 5.69 Å². The summed E-state index contributed by atoms with van der Waals surface area (Å²) < 4.78 is 3.91. The summed E-state index contributed by atoms with van der Waals surface area (Å²) in [6.45, 7) is 7.15. The van der Waals surface area contributed by atoms with E-state index in [1.165, 1.54) is 0 Å². The molecule has 0 saturated carbocycles. The first kappa shape index (κ1) is 17.1. The zero-order valence-corrected chi connectivity index (χ0v) is 14.9. The summed E-state index contributed by atoms with van der Waals surface area (Å²) >= 11 is 0. The van der Waals surface area contributed by atoms with Crippen LogP contribution in [0, 0.1) is 24.0 Å². The molecule has 0 aliphatic rings. The molecule has 2 aromatic carbocycles. The van der Waals surface area contributed by atoms with Gasteiger partial charge in [0.1, 0.15) is 12.4 Å². The third-order valence-corrected chi connectivity index (χ3v) is 4.43. The molecule has 4 heteroatoms. The van der Waals surface area contributed by atoms with Crippen LogP contribution in [-0.4, -0.2) is 0 Å². The van der Waals surface area contributed by atoms with Gasteiger partial charge < -0.3 is 0 Å². The Morgan fingerprint density at radius 1 is 0.857 bits per heavy atom. The van der Waals surface area contributed by atoms with Crippen LogP contribution in [0.4, 0.5) is 5.69 Å². The van der Waals surface area contributed by atoms with E-state index in [1.54, 1.807) is 12.1 Å². The molecule has 0 atom stereocenters. The van der Waals surface area contributed by atoms with Gasteiger partial charge in [-0.3, -0.25) is 0 Å². The first-order chi connectivity index (χ1) is 13.8. The van der Waals surface area contributed by atoms with E-state index >= 15 is 0 Å². The van der Waals surface area contributed by atoms with Gasteiger partial charge in [0.2, 0.25) is 5.69 Å². The van der Waals surface area contributed by atoms with Crippen LogP contribution in [0.5, 0.6) is 0 Å². The molecule has 0 unspecified atom stereocenters. The third-order valence-electron chi connectivity index (χ3n) is 4.43. The van der Waals surface area contributed by atoms with Crippen molar-refractivity contribution in [1.82, 2.24) is 0 Å². The van der Waals surface area contributed by atoms with Crippen LogP contribution in [0.15, 0.2) is 91.5 Å². The Morgan fingerprint density at radius 3 is 2.25 bits per heavy atom. The molecule has 2 aromatic heterocycles. The summed E-state index contributed by atoms with van der Waals surface area (Å²) in [5.74, 6) is 0. The number of rotatable bonds is 3. The average Bonchev–Trinajstić information content (AvgIpc) is 2.79. The molecule has 0 aliphatic carbocycles. The van der Waals surface area contributed by atoms with Gasteiger partial charge >= 0.3 is 0 Å². The summed E-state index contributed by atoms with van der Waals surface area (Å²) in [6, 6.07) is 26.5. The molecule has 130 valence electrons. The smallest absolute Gasteiger partial charge is 0.210 e. The highest BCUT2D eigenvalue weighted by Gasteiger charge is 2.07. The standard InChI is InChI=1S/C24H15N4/c1-26-22-5-3-7-24(17-22)28-14-10-21(11-15-28)20-8-12-27(13-9-20)23-6-2-4-19(16-23)18-25/h2-8,10-17H/q+1. The molecule has 4 rings (SSSR count). The lowest BCUT2D eigenvalue weighted by molar-refractivity contribution is -0.596. The highest BCUT2D eigenvalue weighted by Crippen LogP contribution is 2.17. The maximum absolute atomic E-state index is 9.05. The minimum Gasteiger partial charge on any atom is -0.238 e. The highest BCUT2D eigenvalue weighted by molar-refractivity contribution is 5.60. The van der Waals surface area contributed by atoms with E-state index in [0.717, 1.165) is 22.5 Å². The zero-order valence-electron chi connectivity index (χ0n) is 14.9. The van der Waals surface area contributed by atoms with Gasteiger partial charge in [-0.2, -0.15) is 20.0 Å². The highest BCUT2D eigenvalue weighted by atomic mass is 14.9. The number of nitriles is 1. The average molecular weight is 359 g/mol. The largest absolute Gasteiger partial charge is 0.238 e. The van der Waals surface area contributed by atoms with Gasteiger partial charge in [0.15, 0.2) is 23.8 Å². The van der Waals surface area contributed by atoms with Gasteiger partial charge in [-0.1, -0.05) is 24.3 Å². The van der Waals surface area contributed by atoms with Crippen LogP contribution >= 0.6 is 0 Å². The Bertz CT molecular complexity index is 1110. The zero-order chi connectivity index (χ0) is 19.3. The number of aromatic nitrogens is 2. The molecular formula is C24H15N4+. The Kier molecular flexibility index (Phi) is 4.61. The minimum atomic E-state index is 0.621. The predicted molar refractivity (Wildman–Crippen MR) is 105 cm³/mol. The van der Waals surface area contributed by atoms with Crippen LogP contribution in [0.1, 0.15) is 5.56 Å². The summed E-state index contributed by atoms with van der Waals surface area (Å²) in [7, 11) is 0. The minimum absolute atomic E-state index is 0.621. The quantitative estimate of drug-likeness (QED) is 0.400. The van der Waals surface area contributed by atoms with Crippen LogP contribution in [0.3, 0.4) is 0 Å².